The number of aromatic nitrogens is 3. The van der Waals surface area contributed by atoms with E-state index < -0.39 is 18.6 Å². The number of halogens is 4. The first-order valence-electron chi connectivity index (χ1n) is 5.13. The van der Waals surface area contributed by atoms with E-state index in [0.29, 0.717) is 0 Å². The molecule has 2 heterocycles. The molecule has 2 aromatic heterocycles. The van der Waals surface area contributed by atoms with Crippen LogP contribution in [0.5, 0.6) is 0 Å². The van der Waals surface area contributed by atoms with Crippen molar-refractivity contribution in [1.29, 1.82) is 0 Å². The van der Waals surface area contributed by atoms with Crippen LogP contribution in [0.4, 0.5) is 13.2 Å². The van der Waals surface area contributed by atoms with Crippen LogP contribution in [0, 0.1) is 6.92 Å². The topological polar surface area (TPSA) is 59.3 Å². The van der Waals surface area contributed by atoms with Gasteiger partial charge in [-0.15, -0.1) is 0 Å². The number of aryl methyl sites for hydroxylation is 1. The summed E-state index contributed by atoms with van der Waals surface area (Å²) in [6, 6.07) is 0. The summed E-state index contributed by atoms with van der Waals surface area (Å²) in [5.41, 5.74) is 0.697. The SMILES string of the molecule is Cc1cnc2c(Cl)c(C(=O)NCC(F)(F)F)nn2c1. The molecule has 5 nitrogen and oxygen atoms in total. The van der Waals surface area contributed by atoms with E-state index in [-0.39, 0.29) is 16.4 Å². The molecule has 0 fully saturated rings. The second-order valence-electron chi connectivity index (χ2n) is 3.86. The summed E-state index contributed by atoms with van der Waals surface area (Å²) < 4.78 is 37.3. The van der Waals surface area contributed by atoms with Crippen molar-refractivity contribution in [2.45, 2.75) is 13.1 Å². The van der Waals surface area contributed by atoms with Gasteiger partial charge in [0.2, 0.25) is 0 Å². The molecule has 0 atom stereocenters. The van der Waals surface area contributed by atoms with Crippen molar-refractivity contribution in [3.63, 3.8) is 0 Å². The zero-order chi connectivity index (χ0) is 14.2. The minimum Gasteiger partial charge on any atom is -0.341 e. The summed E-state index contributed by atoms with van der Waals surface area (Å²) in [5.74, 6) is -0.995. The predicted molar refractivity (Wildman–Crippen MR) is 61.1 cm³/mol. The van der Waals surface area contributed by atoms with Crippen molar-refractivity contribution in [1.82, 2.24) is 19.9 Å². The number of fused-ring (bicyclic) bond motifs is 1. The first-order chi connectivity index (χ1) is 8.78. The second kappa shape index (κ2) is 4.69. The first-order valence-corrected chi connectivity index (χ1v) is 5.51. The van der Waals surface area contributed by atoms with Crippen molar-refractivity contribution in [2.24, 2.45) is 0 Å². The largest absolute Gasteiger partial charge is 0.405 e. The maximum absolute atomic E-state index is 12.0. The number of amides is 1. The molecular formula is C10H8ClF3N4O. The third-order valence-corrected chi connectivity index (χ3v) is 2.56. The quantitative estimate of drug-likeness (QED) is 0.921. The van der Waals surface area contributed by atoms with Gasteiger partial charge >= 0.3 is 6.18 Å². The van der Waals surface area contributed by atoms with E-state index >= 15 is 0 Å². The molecule has 0 spiro atoms. The van der Waals surface area contributed by atoms with Crippen LogP contribution in [0.3, 0.4) is 0 Å². The number of carbonyl (C=O) groups excluding carboxylic acids is 1. The number of hydrogen-bond donors (Lipinski definition) is 1. The zero-order valence-electron chi connectivity index (χ0n) is 9.62. The maximum atomic E-state index is 12.0. The molecule has 0 radical (unpaired) electrons. The van der Waals surface area contributed by atoms with E-state index in [1.54, 1.807) is 18.4 Å². The number of hydrogen-bond acceptors (Lipinski definition) is 3. The molecule has 102 valence electrons. The van der Waals surface area contributed by atoms with Crippen LogP contribution in [-0.4, -0.2) is 33.2 Å². The smallest absolute Gasteiger partial charge is 0.341 e. The highest BCUT2D eigenvalue weighted by Crippen LogP contribution is 2.20. The fourth-order valence-electron chi connectivity index (χ4n) is 1.41. The summed E-state index contributed by atoms with van der Waals surface area (Å²) in [6.45, 7) is 0.313. The minimum atomic E-state index is -4.49. The standard InChI is InChI=1S/C10H8ClF3N4O/c1-5-2-15-8-6(11)7(17-18(8)3-5)9(19)16-4-10(12,13)14/h2-3H,4H2,1H3,(H,16,19). The molecule has 0 aliphatic carbocycles. The van der Waals surface area contributed by atoms with Gasteiger partial charge in [0.1, 0.15) is 11.6 Å². The molecule has 2 rings (SSSR count). The Hall–Kier alpha value is -1.83. The van der Waals surface area contributed by atoms with E-state index in [1.165, 1.54) is 10.7 Å². The number of carbonyl (C=O) groups is 1. The highest BCUT2D eigenvalue weighted by Gasteiger charge is 2.29. The van der Waals surface area contributed by atoms with Crippen LogP contribution < -0.4 is 5.32 Å². The Morgan fingerprint density at radius 1 is 1.53 bits per heavy atom. The average Bonchev–Trinajstić information content (AvgIpc) is 2.62. The van der Waals surface area contributed by atoms with Gasteiger partial charge in [0.25, 0.3) is 5.91 Å². The molecule has 2 aromatic rings. The van der Waals surface area contributed by atoms with E-state index in [1.807, 2.05) is 0 Å². The normalized spacial score (nSPS) is 11.8. The number of nitrogens with zero attached hydrogens (tertiary/aromatic N) is 3. The van der Waals surface area contributed by atoms with Crippen molar-refractivity contribution in [2.75, 3.05) is 6.54 Å². The highest BCUT2D eigenvalue weighted by atomic mass is 35.5. The van der Waals surface area contributed by atoms with Gasteiger partial charge in [-0.3, -0.25) is 4.79 Å². The first kappa shape index (κ1) is 13.6. The summed E-state index contributed by atoms with van der Waals surface area (Å²) in [4.78, 5) is 15.5. The lowest BCUT2D eigenvalue weighted by Crippen LogP contribution is -2.34. The van der Waals surface area contributed by atoms with Crippen LogP contribution in [0.2, 0.25) is 5.02 Å². The predicted octanol–water partition coefficient (Wildman–Crippen LogP) is 1.98. The van der Waals surface area contributed by atoms with Gasteiger partial charge in [0.05, 0.1) is 0 Å². The summed E-state index contributed by atoms with van der Waals surface area (Å²) in [7, 11) is 0. The molecule has 0 unspecified atom stereocenters. The fraction of sp³-hybridized carbons (Fsp3) is 0.300. The Morgan fingerprint density at radius 2 is 2.21 bits per heavy atom. The molecule has 0 bridgehead atoms. The maximum Gasteiger partial charge on any atom is 0.405 e. The van der Waals surface area contributed by atoms with Gasteiger partial charge in [-0.05, 0) is 12.5 Å². The molecule has 9 heteroatoms. The van der Waals surface area contributed by atoms with Crippen LogP contribution in [-0.2, 0) is 0 Å². The Morgan fingerprint density at radius 3 is 2.84 bits per heavy atom. The molecule has 0 aliphatic heterocycles. The third kappa shape index (κ3) is 2.95. The monoisotopic (exact) mass is 292 g/mol. The van der Waals surface area contributed by atoms with Gasteiger partial charge in [-0.25, -0.2) is 9.50 Å². The Labute approximate surface area is 110 Å². The average molecular weight is 293 g/mol. The van der Waals surface area contributed by atoms with Gasteiger partial charge in [0, 0.05) is 12.4 Å². The van der Waals surface area contributed by atoms with Crippen molar-refractivity contribution in [3.8, 4) is 0 Å². The fourth-order valence-corrected chi connectivity index (χ4v) is 1.67. The molecule has 1 amide bonds. The van der Waals surface area contributed by atoms with E-state index in [0.717, 1.165) is 5.56 Å². The van der Waals surface area contributed by atoms with E-state index in [9.17, 15) is 18.0 Å². The lowest BCUT2D eigenvalue weighted by Gasteiger charge is -2.06. The molecular weight excluding hydrogens is 285 g/mol. The Balaban J connectivity index is 2.30. The Bertz CT molecular complexity index is 637. The lowest BCUT2D eigenvalue weighted by molar-refractivity contribution is -0.123. The van der Waals surface area contributed by atoms with E-state index in [2.05, 4.69) is 10.1 Å². The molecule has 19 heavy (non-hydrogen) atoms. The molecule has 0 aliphatic rings. The summed E-state index contributed by atoms with van der Waals surface area (Å²) >= 11 is 5.87. The van der Waals surface area contributed by atoms with Crippen LogP contribution >= 0.6 is 11.6 Å². The molecule has 0 saturated heterocycles. The van der Waals surface area contributed by atoms with E-state index in [4.69, 9.17) is 11.6 Å². The van der Waals surface area contributed by atoms with Crippen LogP contribution in [0.15, 0.2) is 12.4 Å². The molecule has 0 saturated carbocycles. The van der Waals surface area contributed by atoms with Gasteiger partial charge < -0.3 is 5.32 Å². The van der Waals surface area contributed by atoms with Gasteiger partial charge in [-0.1, -0.05) is 11.6 Å². The second-order valence-corrected chi connectivity index (χ2v) is 4.24. The Kier molecular flexibility index (Phi) is 3.36. The lowest BCUT2D eigenvalue weighted by atomic mass is 10.4. The van der Waals surface area contributed by atoms with Crippen molar-refractivity contribution < 1.29 is 18.0 Å². The number of alkyl halides is 3. The molecule has 1 N–H and O–H groups in total. The van der Waals surface area contributed by atoms with Crippen LogP contribution in [0.25, 0.3) is 5.65 Å². The van der Waals surface area contributed by atoms with Gasteiger partial charge in [-0.2, -0.15) is 18.3 Å². The summed E-state index contributed by atoms with van der Waals surface area (Å²) in [6.07, 6.45) is -1.41. The van der Waals surface area contributed by atoms with Crippen molar-refractivity contribution >= 4 is 23.2 Å². The van der Waals surface area contributed by atoms with Gasteiger partial charge in [0.15, 0.2) is 11.3 Å². The minimum absolute atomic E-state index is 0.0836. The number of nitrogens with one attached hydrogen (secondary N) is 1. The van der Waals surface area contributed by atoms with Crippen LogP contribution in [0.1, 0.15) is 16.1 Å². The van der Waals surface area contributed by atoms with Crippen molar-refractivity contribution in [3.05, 3.63) is 28.7 Å². The zero-order valence-corrected chi connectivity index (χ0v) is 10.4. The molecule has 0 aromatic carbocycles. The highest BCUT2D eigenvalue weighted by molar-refractivity contribution is 6.36. The third-order valence-electron chi connectivity index (χ3n) is 2.21. The summed E-state index contributed by atoms with van der Waals surface area (Å²) in [5, 5.41) is 5.44. The number of rotatable bonds is 2.